The molecule has 8 nitrogen and oxygen atoms in total. The number of anilines is 1. The van der Waals surface area contributed by atoms with E-state index in [9.17, 15) is 4.39 Å². The summed E-state index contributed by atoms with van der Waals surface area (Å²) in [6, 6.07) is 14.3. The van der Waals surface area contributed by atoms with Crippen molar-refractivity contribution in [2.45, 2.75) is 6.92 Å². The highest BCUT2D eigenvalue weighted by atomic mass is 19.1. The Morgan fingerprint density at radius 2 is 1.82 bits per heavy atom. The lowest BCUT2D eigenvalue weighted by molar-refractivity contribution is 0.629. The van der Waals surface area contributed by atoms with Gasteiger partial charge in [-0.15, -0.1) is 0 Å². The lowest BCUT2D eigenvalue weighted by Crippen LogP contribution is -1.99. The summed E-state index contributed by atoms with van der Waals surface area (Å²) in [5.41, 5.74) is 11.6. The van der Waals surface area contributed by atoms with E-state index in [-0.39, 0.29) is 5.82 Å². The van der Waals surface area contributed by atoms with Crippen LogP contribution in [0, 0.1) is 12.7 Å². The Bertz CT molecular complexity index is 1650. The number of hydrogen-bond donors (Lipinski definition) is 2. The molecule has 0 spiro atoms. The van der Waals surface area contributed by atoms with Gasteiger partial charge in [-0.05, 0) is 60.5 Å². The van der Waals surface area contributed by atoms with Crippen molar-refractivity contribution in [3.63, 3.8) is 0 Å². The number of nitrogen functional groups attached to an aromatic ring is 1. The van der Waals surface area contributed by atoms with Crippen LogP contribution in [-0.2, 0) is 0 Å². The Morgan fingerprint density at radius 3 is 2.64 bits per heavy atom. The molecule has 3 N–H and O–H groups in total. The van der Waals surface area contributed by atoms with Crippen molar-refractivity contribution in [1.29, 1.82) is 0 Å². The summed E-state index contributed by atoms with van der Waals surface area (Å²) in [5.74, 6) is 1.48. The molecule has 9 heteroatoms. The number of H-pyrrole nitrogens is 1. The second-order valence-electron chi connectivity index (χ2n) is 7.68. The van der Waals surface area contributed by atoms with E-state index in [2.05, 4.69) is 31.2 Å². The molecule has 0 fully saturated rings. The van der Waals surface area contributed by atoms with E-state index in [0.717, 1.165) is 44.6 Å². The predicted molar refractivity (Wildman–Crippen MR) is 124 cm³/mol. The molecule has 6 rings (SSSR count). The second kappa shape index (κ2) is 7.20. The maximum atomic E-state index is 13.8. The van der Waals surface area contributed by atoms with Crippen LogP contribution in [-0.4, -0.2) is 34.7 Å². The summed E-state index contributed by atoms with van der Waals surface area (Å²) in [4.78, 5) is 17.7. The van der Waals surface area contributed by atoms with Gasteiger partial charge in [-0.1, -0.05) is 0 Å². The predicted octanol–water partition coefficient (Wildman–Crippen LogP) is 4.45. The van der Waals surface area contributed by atoms with E-state index < -0.39 is 0 Å². The zero-order chi connectivity index (χ0) is 22.5. The number of benzene rings is 2. The summed E-state index contributed by atoms with van der Waals surface area (Å²) in [7, 11) is 0. The summed E-state index contributed by atoms with van der Waals surface area (Å²) in [5, 5.41) is 7.78. The van der Waals surface area contributed by atoms with Crippen LogP contribution >= 0.6 is 0 Å². The molecule has 0 bridgehead atoms. The van der Waals surface area contributed by atoms with Crippen molar-refractivity contribution in [1.82, 2.24) is 34.7 Å². The molecule has 6 aromatic rings. The molecule has 0 saturated heterocycles. The van der Waals surface area contributed by atoms with E-state index in [1.54, 1.807) is 18.5 Å². The topological polar surface area (TPSA) is 111 Å². The van der Waals surface area contributed by atoms with Crippen LogP contribution < -0.4 is 5.73 Å². The zero-order valence-corrected chi connectivity index (χ0v) is 17.5. The smallest absolute Gasteiger partial charge is 0.157 e. The van der Waals surface area contributed by atoms with E-state index >= 15 is 0 Å². The minimum Gasteiger partial charge on any atom is -0.384 e. The minimum atomic E-state index is -0.329. The lowest BCUT2D eigenvalue weighted by atomic mass is 10.0. The number of nitrogens with two attached hydrogens (primary N) is 1. The van der Waals surface area contributed by atoms with Gasteiger partial charge in [0.1, 0.15) is 29.3 Å². The average molecular weight is 436 g/mol. The monoisotopic (exact) mass is 436 g/mol. The molecule has 0 atom stereocenters. The average Bonchev–Trinajstić information content (AvgIpc) is 3.45. The van der Waals surface area contributed by atoms with Crippen LogP contribution in [0.25, 0.3) is 50.1 Å². The number of nitrogens with one attached hydrogen (secondary N) is 1. The van der Waals surface area contributed by atoms with Crippen LogP contribution in [0.2, 0.25) is 0 Å². The first-order valence-corrected chi connectivity index (χ1v) is 10.2. The fraction of sp³-hybridized carbons (Fsp3) is 0.0417. The molecule has 160 valence electrons. The van der Waals surface area contributed by atoms with Gasteiger partial charge in [0.15, 0.2) is 5.82 Å². The fourth-order valence-corrected chi connectivity index (χ4v) is 4.21. The number of hydrogen-bond acceptors (Lipinski definition) is 6. The highest BCUT2D eigenvalue weighted by Crippen LogP contribution is 2.35. The van der Waals surface area contributed by atoms with Crippen molar-refractivity contribution in [2.24, 2.45) is 0 Å². The first kappa shape index (κ1) is 19.1. The van der Waals surface area contributed by atoms with Gasteiger partial charge in [0.25, 0.3) is 0 Å². The third-order valence-corrected chi connectivity index (χ3v) is 5.64. The van der Waals surface area contributed by atoms with E-state index in [0.29, 0.717) is 17.2 Å². The Morgan fingerprint density at radius 1 is 0.939 bits per heavy atom. The highest BCUT2D eigenvalue weighted by molar-refractivity contribution is 5.98. The standard InChI is InChI=1S/C24H17FN8/c1-13-31-23-18(24-29-12-30-32-24)8-15(14-4-6-28-22(26)10-14)9-21(23)33(13)20-5-7-27-19-11-16(25)2-3-17(19)20/h2-12H,1H3,(H2,26,28)(H,29,30,32). The Kier molecular flexibility index (Phi) is 4.16. The van der Waals surface area contributed by atoms with Crippen LogP contribution in [0.5, 0.6) is 0 Å². The number of fused-ring (bicyclic) bond motifs is 2. The van der Waals surface area contributed by atoms with Gasteiger partial charge in [-0.25, -0.2) is 19.3 Å². The highest BCUT2D eigenvalue weighted by Gasteiger charge is 2.19. The lowest BCUT2D eigenvalue weighted by Gasteiger charge is -2.12. The summed E-state index contributed by atoms with van der Waals surface area (Å²) in [6.45, 7) is 1.93. The van der Waals surface area contributed by atoms with Gasteiger partial charge in [0.2, 0.25) is 0 Å². The molecular weight excluding hydrogens is 419 g/mol. The van der Waals surface area contributed by atoms with Crippen molar-refractivity contribution in [2.75, 3.05) is 5.73 Å². The number of nitrogens with zero attached hydrogens (tertiary/aromatic N) is 6. The first-order chi connectivity index (χ1) is 16.1. The molecule has 0 aliphatic heterocycles. The molecule has 0 saturated carbocycles. The normalized spacial score (nSPS) is 11.5. The van der Waals surface area contributed by atoms with Gasteiger partial charge in [0, 0.05) is 29.4 Å². The van der Waals surface area contributed by atoms with Crippen LogP contribution in [0.1, 0.15) is 5.82 Å². The summed E-state index contributed by atoms with van der Waals surface area (Å²) >= 11 is 0. The van der Waals surface area contributed by atoms with Crippen LogP contribution in [0.4, 0.5) is 10.2 Å². The number of rotatable bonds is 3. The fourth-order valence-electron chi connectivity index (χ4n) is 4.21. The van der Waals surface area contributed by atoms with Crippen molar-refractivity contribution < 1.29 is 4.39 Å². The van der Waals surface area contributed by atoms with Gasteiger partial charge in [0.05, 0.1) is 16.7 Å². The minimum absolute atomic E-state index is 0.329. The van der Waals surface area contributed by atoms with Crippen molar-refractivity contribution in [3.05, 3.63) is 78.9 Å². The number of halogens is 1. The number of pyridine rings is 2. The zero-order valence-electron chi connectivity index (χ0n) is 17.5. The third-order valence-electron chi connectivity index (χ3n) is 5.64. The van der Waals surface area contributed by atoms with E-state index in [1.165, 1.54) is 18.5 Å². The van der Waals surface area contributed by atoms with Gasteiger partial charge in [-0.3, -0.25) is 14.6 Å². The molecular formula is C24H17FN8. The maximum Gasteiger partial charge on any atom is 0.157 e. The van der Waals surface area contributed by atoms with Crippen LogP contribution in [0.15, 0.2) is 67.3 Å². The molecule has 0 aliphatic rings. The Balaban J connectivity index is 1.71. The maximum absolute atomic E-state index is 13.8. The summed E-state index contributed by atoms with van der Waals surface area (Å²) in [6.07, 6.45) is 4.82. The van der Waals surface area contributed by atoms with E-state index in [1.807, 2.05) is 35.8 Å². The van der Waals surface area contributed by atoms with Crippen molar-refractivity contribution in [3.8, 4) is 28.2 Å². The molecule has 4 aromatic heterocycles. The molecule has 0 unspecified atom stereocenters. The molecule has 2 aromatic carbocycles. The quantitative estimate of drug-likeness (QED) is 0.424. The molecule has 0 radical (unpaired) electrons. The van der Waals surface area contributed by atoms with E-state index in [4.69, 9.17) is 10.7 Å². The SMILES string of the molecule is Cc1nc2c(-c3ncn[nH]3)cc(-c3ccnc(N)c3)cc2n1-c1ccnc2cc(F)ccc12. The van der Waals surface area contributed by atoms with Crippen molar-refractivity contribution >= 4 is 27.8 Å². The number of aryl methyl sites for hydroxylation is 1. The van der Waals surface area contributed by atoms with Crippen LogP contribution in [0.3, 0.4) is 0 Å². The Labute approximate surface area is 187 Å². The largest absolute Gasteiger partial charge is 0.384 e. The second-order valence-corrected chi connectivity index (χ2v) is 7.68. The Hall–Kier alpha value is -4.66. The van der Waals surface area contributed by atoms with Gasteiger partial charge < -0.3 is 5.73 Å². The molecule has 0 amide bonds. The summed E-state index contributed by atoms with van der Waals surface area (Å²) < 4.78 is 15.9. The third kappa shape index (κ3) is 3.09. The first-order valence-electron chi connectivity index (χ1n) is 10.2. The molecule has 0 aliphatic carbocycles. The molecule has 4 heterocycles. The number of aromatic nitrogens is 7. The van der Waals surface area contributed by atoms with Gasteiger partial charge >= 0.3 is 0 Å². The molecule has 33 heavy (non-hydrogen) atoms. The number of aromatic amines is 1. The van der Waals surface area contributed by atoms with Gasteiger partial charge in [-0.2, -0.15) is 5.10 Å². The number of imidazole rings is 1.